The van der Waals surface area contributed by atoms with Crippen molar-refractivity contribution < 1.29 is 29.0 Å². The summed E-state index contributed by atoms with van der Waals surface area (Å²) >= 11 is 0. The number of carbonyl (C=O) groups is 3. The van der Waals surface area contributed by atoms with Gasteiger partial charge in [0, 0.05) is 6.42 Å². The van der Waals surface area contributed by atoms with Crippen LogP contribution in [0.5, 0.6) is 0 Å². The Labute approximate surface area is 99.9 Å². The lowest BCUT2D eigenvalue weighted by atomic mass is 9.93. The van der Waals surface area contributed by atoms with Gasteiger partial charge in [-0.25, -0.2) is 4.79 Å². The first kappa shape index (κ1) is 15.6. The Hall–Kier alpha value is -1.43. The van der Waals surface area contributed by atoms with Gasteiger partial charge in [0.25, 0.3) is 0 Å². The molecule has 0 aliphatic heterocycles. The molecule has 1 unspecified atom stereocenters. The Bertz CT molecular complexity index is 298. The van der Waals surface area contributed by atoms with E-state index in [2.05, 4.69) is 9.47 Å². The molecule has 0 aliphatic carbocycles. The van der Waals surface area contributed by atoms with Crippen molar-refractivity contribution >= 4 is 17.7 Å². The van der Waals surface area contributed by atoms with E-state index in [1.807, 2.05) is 0 Å². The average Bonchev–Trinajstić information content (AvgIpc) is 2.16. The SMILES string of the molecule is CCOC(=O)CC(O)(CC(C)=O)C(=O)OCC. The predicted octanol–water partition coefficient (Wildman–Crippen LogP) is 0.213. The number of ether oxygens (including phenoxy) is 2. The molecule has 0 amide bonds. The lowest BCUT2D eigenvalue weighted by Gasteiger charge is -2.23. The maximum atomic E-state index is 11.5. The first-order valence-electron chi connectivity index (χ1n) is 5.40. The monoisotopic (exact) mass is 246 g/mol. The lowest BCUT2D eigenvalue weighted by Crippen LogP contribution is -2.44. The van der Waals surface area contributed by atoms with E-state index in [4.69, 9.17) is 0 Å². The van der Waals surface area contributed by atoms with Gasteiger partial charge >= 0.3 is 11.9 Å². The summed E-state index contributed by atoms with van der Waals surface area (Å²) < 4.78 is 9.27. The Morgan fingerprint density at radius 2 is 1.59 bits per heavy atom. The maximum Gasteiger partial charge on any atom is 0.339 e. The van der Waals surface area contributed by atoms with E-state index in [1.165, 1.54) is 6.92 Å². The van der Waals surface area contributed by atoms with Crippen LogP contribution >= 0.6 is 0 Å². The molecule has 0 fully saturated rings. The molecule has 0 saturated carbocycles. The molecule has 0 aromatic carbocycles. The van der Waals surface area contributed by atoms with Crippen LogP contribution in [0, 0.1) is 0 Å². The van der Waals surface area contributed by atoms with Crippen molar-refractivity contribution in [1.29, 1.82) is 0 Å². The van der Waals surface area contributed by atoms with Crippen LogP contribution in [0.25, 0.3) is 0 Å². The van der Waals surface area contributed by atoms with Gasteiger partial charge in [-0.15, -0.1) is 0 Å². The highest BCUT2D eigenvalue weighted by molar-refractivity contribution is 5.91. The van der Waals surface area contributed by atoms with Gasteiger partial charge in [-0.05, 0) is 20.8 Å². The molecule has 0 aliphatic rings. The van der Waals surface area contributed by atoms with Gasteiger partial charge in [0.05, 0.1) is 19.6 Å². The second-order valence-corrected chi connectivity index (χ2v) is 3.61. The quantitative estimate of drug-likeness (QED) is 0.646. The molecule has 0 bridgehead atoms. The summed E-state index contributed by atoms with van der Waals surface area (Å²) in [4.78, 5) is 33.7. The van der Waals surface area contributed by atoms with E-state index in [9.17, 15) is 19.5 Å². The second kappa shape index (κ2) is 7.01. The van der Waals surface area contributed by atoms with Crippen molar-refractivity contribution in [3.63, 3.8) is 0 Å². The van der Waals surface area contributed by atoms with Crippen LogP contribution in [0.3, 0.4) is 0 Å². The zero-order valence-electron chi connectivity index (χ0n) is 10.3. The highest BCUT2D eigenvalue weighted by Gasteiger charge is 2.41. The summed E-state index contributed by atoms with van der Waals surface area (Å²) in [6.45, 7) is 4.58. The topological polar surface area (TPSA) is 89.9 Å². The van der Waals surface area contributed by atoms with Crippen molar-refractivity contribution in [3.05, 3.63) is 0 Å². The number of esters is 2. The minimum Gasteiger partial charge on any atom is -0.466 e. The molecule has 0 aromatic heterocycles. The van der Waals surface area contributed by atoms with E-state index in [1.54, 1.807) is 13.8 Å². The van der Waals surface area contributed by atoms with Crippen LogP contribution in [0.2, 0.25) is 0 Å². The molecule has 98 valence electrons. The van der Waals surface area contributed by atoms with Crippen molar-refractivity contribution in [2.24, 2.45) is 0 Å². The molecule has 1 atom stereocenters. The molecular formula is C11H18O6. The first-order chi connectivity index (χ1) is 7.85. The van der Waals surface area contributed by atoms with Crippen LogP contribution < -0.4 is 0 Å². The van der Waals surface area contributed by atoms with Crippen LogP contribution in [0.1, 0.15) is 33.6 Å². The van der Waals surface area contributed by atoms with Gasteiger partial charge in [-0.2, -0.15) is 0 Å². The summed E-state index contributed by atoms with van der Waals surface area (Å²) in [5.74, 6) is -2.14. The van der Waals surface area contributed by atoms with Crippen LogP contribution in [-0.2, 0) is 23.9 Å². The third-order valence-electron chi connectivity index (χ3n) is 1.94. The predicted molar refractivity (Wildman–Crippen MR) is 58.1 cm³/mol. The van der Waals surface area contributed by atoms with E-state index < -0.39 is 36.2 Å². The fourth-order valence-corrected chi connectivity index (χ4v) is 1.33. The number of hydrogen-bond donors (Lipinski definition) is 1. The molecule has 17 heavy (non-hydrogen) atoms. The van der Waals surface area contributed by atoms with Gasteiger partial charge < -0.3 is 14.6 Å². The van der Waals surface area contributed by atoms with Crippen LogP contribution in [0.4, 0.5) is 0 Å². The highest BCUT2D eigenvalue weighted by Crippen LogP contribution is 2.19. The zero-order valence-corrected chi connectivity index (χ0v) is 10.3. The average molecular weight is 246 g/mol. The first-order valence-corrected chi connectivity index (χ1v) is 5.40. The molecule has 0 spiro atoms. The number of hydrogen-bond acceptors (Lipinski definition) is 6. The number of carbonyl (C=O) groups excluding carboxylic acids is 3. The largest absolute Gasteiger partial charge is 0.466 e. The van der Waals surface area contributed by atoms with Crippen molar-refractivity contribution in [2.75, 3.05) is 13.2 Å². The van der Waals surface area contributed by atoms with Gasteiger partial charge in [0.2, 0.25) is 0 Å². The second-order valence-electron chi connectivity index (χ2n) is 3.61. The number of aliphatic hydroxyl groups is 1. The maximum absolute atomic E-state index is 11.5. The number of ketones is 1. The molecule has 0 heterocycles. The highest BCUT2D eigenvalue weighted by atomic mass is 16.6. The number of rotatable bonds is 7. The molecule has 1 N–H and O–H groups in total. The van der Waals surface area contributed by atoms with Gasteiger partial charge in [-0.3, -0.25) is 9.59 Å². The fourth-order valence-electron chi connectivity index (χ4n) is 1.33. The lowest BCUT2D eigenvalue weighted by molar-refractivity contribution is -0.173. The minimum absolute atomic E-state index is 0.0574. The molecule has 0 saturated heterocycles. The van der Waals surface area contributed by atoms with Crippen molar-refractivity contribution in [3.8, 4) is 0 Å². The smallest absolute Gasteiger partial charge is 0.339 e. The van der Waals surface area contributed by atoms with Gasteiger partial charge in [0.15, 0.2) is 5.60 Å². The summed E-state index contributed by atoms with van der Waals surface area (Å²) in [7, 11) is 0. The van der Waals surface area contributed by atoms with Gasteiger partial charge in [0.1, 0.15) is 5.78 Å². The minimum atomic E-state index is -2.13. The van der Waals surface area contributed by atoms with Crippen molar-refractivity contribution in [2.45, 2.75) is 39.2 Å². The van der Waals surface area contributed by atoms with E-state index in [0.29, 0.717) is 0 Å². The fraction of sp³-hybridized carbons (Fsp3) is 0.727. The summed E-state index contributed by atoms with van der Waals surface area (Å²) in [5, 5.41) is 9.98. The Balaban J connectivity index is 4.77. The molecular weight excluding hydrogens is 228 g/mol. The standard InChI is InChI=1S/C11H18O6/c1-4-16-9(13)7-11(15,6-8(3)12)10(14)17-5-2/h15H,4-7H2,1-3H3. The van der Waals surface area contributed by atoms with Crippen LogP contribution in [-0.4, -0.2) is 41.6 Å². The molecule has 6 nitrogen and oxygen atoms in total. The van der Waals surface area contributed by atoms with E-state index in [-0.39, 0.29) is 13.2 Å². The van der Waals surface area contributed by atoms with Crippen LogP contribution in [0.15, 0.2) is 0 Å². The van der Waals surface area contributed by atoms with Crippen molar-refractivity contribution in [1.82, 2.24) is 0 Å². The Morgan fingerprint density at radius 3 is 2.00 bits per heavy atom. The number of Topliss-reactive ketones (excluding diaryl/α,β-unsaturated/α-hetero) is 1. The summed E-state index contributed by atoms with van der Waals surface area (Å²) in [6.07, 6.45) is -1.05. The summed E-state index contributed by atoms with van der Waals surface area (Å²) in [5.41, 5.74) is -2.13. The molecule has 0 aromatic rings. The third kappa shape index (κ3) is 5.44. The molecule has 0 rings (SSSR count). The third-order valence-corrected chi connectivity index (χ3v) is 1.94. The summed E-state index contributed by atoms with van der Waals surface area (Å²) in [6, 6.07) is 0. The van der Waals surface area contributed by atoms with E-state index >= 15 is 0 Å². The Morgan fingerprint density at radius 1 is 1.06 bits per heavy atom. The molecule has 6 heteroatoms. The van der Waals surface area contributed by atoms with Gasteiger partial charge in [-0.1, -0.05) is 0 Å². The zero-order chi connectivity index (χ0) is 13.5. The molecule has 0 radical (unpaired) electrons. The Kier molecular flexibility index (Phi) is 6.42. The normalized spacial score (nSPS) is 13.6. The van der Waals surface area contributed by atoms with E-state index in [0.717, 1.165) is 0 Å².